The summed E-state index contributed by atoms with van der Waals surface area (Å²) in [5, 5.41) is 3.00. The number of hydrogen-bond donors (Lipinski definition) is 2. The smallest absolute Gasteiger partial charge is 0.254 e. The number of morpholine rings is 1. The molecule has 2 aliphatic heterocycles. The Kier molecular flexibility index (Phi) is 6.69. The van der Waals surface area contributed by atoms with Crippen LogP contribution in [0.3, 0.4) is 0 Å². The van der Waals surface area contributed by atoms with E-state index in [0.717, 1.165) is 5.56 Å². The first-order valence-corrected chi connectivity index (χ1v) is 10.0. The molecule has 7 heteroatoms. The Labute approximate surface area is 166 Å². The second-order valence-corrected chi connectivity index (χ2v) is 7.94. The second-order valence-electron chi connectivity index (χ2n) is 7.94. The maximum atomic E-state index is 12.7. The van der Waals surface area contributed by atoms with Crippen LogP contribution >= 0.6 is 0 Å². The van der Waals surface area contributed by atoms with E-state index in [0.29, 0.717) is 57.8 Å². The Bertz CT molecular complexity index is 675. The number of rotatable bonds is 5. The Balaban J connectivity index is 1.57. The van der Waals surface area contributed by atoms with E-state index in [9.17, 15) is 9.59 Å². The van der Waals surface area contributed by atoms with E-state index in [2.05, 4.69) is 5.32 Å². The first kappa shape index (κ1) is 20.8. The maximum absolute atomic E-state index is 12.7. The first-order chi connectivity index (χ1) is 13.4. The summed E-state index contributed by atoms with van der Waals surface area (Å²) in [4.78, 5) is 27.2. The predicted octanol–water partition coefficient (Wildman–Crippen LogP) is 1.31. The Morgan fingerprint density at radius 3 is 2.32 bits per heavy atom. The summed E-state index contributed by atoms with van der Waals surface area (Å²) in [5.74, 6) is -0.00313. The quantitative estimate of drug-likeness (QED) is 0.792. The minimum absolute atomic E-state index is 0.0156. The Morgan fingerprint density at radius 1 is 1.14 bits per heavy atom. The SMILES string of the molecule is CC1CN(C(=O)c2ccc(CNC(=O)C3(CN)CCOCC3)cc2)CC(C)O1. The molecule has 0 aliphatic carbocycles. The summed E-state index contributed by atoms with van der Waals surface area (Å²) in [6.45, 7) is 7.05. The zero-order valence-corrected chi connectivity index (χ0v) is 16.8. The molecule has 0 bridgehead atoms. The average molecular weight is 389 g/mol. The Morgan fingerprint density at radius 2 is 1.75 bits per heavy atom. The van der Waals surface area contributed by atoms with Crippen molar-refractivity contribution in [2.45, 2.75) is 45.4 Å². The van der Waals surface area contributed by atoms with Crippen LogP contribution in [0.25, 0.3) is 0 Å². The van der Waals surface area contributed by atoms with Crippen molar-refractivity contribution in [2.75, 3.05) is 32.8 Å². The van der Waals surface area contributed by atoms with Gasteiger partial charge in [0.1, 0.15) is 0 Å². The molecule has 0 aromatic heterocycles. The lowest BCUT2D eigenvalue weighted by Gasteiger charge is -2.35. The van der Waals surface area contributed by atoms with Crippen LogP contribution in [0.4, 0.5) is 0 Å². The van der Waals surface area contributed by atoms with E-state index in [-0.39, 0.29) is 24.0 Å². The summed E-state index contributed by atoms with van der Waals surface area (Å²) in [5.41, 5.74) is 6.96. The normalized spacial score (nSPS) is 24.6. The number of nitrogens with two attached hydrogens (primary N) is 1. The van der Waals surface area contributed by atoms with Gasteiger partial charge in [0.05, 0.1) is 17.6 Å². The van der Waals surface area contributed by atoms with Crippen molar-refractivity contribution in [3.05, 3.63) is 35.4 Å². The topological polar surface area (TPSA) is 93.9 Å². The average Bonchev–Trinajstić information content (AvgIpc) is 2.71. The van der Waals surface area contributed by atoms with E-state index in [1.54, 1.807) is 0 Å². The minimum atomic E-state index is -0.530. The van der Waals surface area contributed by atoms with Crippen LogP contribution in [0.1, 0.15) is 42.6 Å². The molecule has 2 aliphatic rings. The van der Waals surface area contributed by atoms with Gasteiger partial charge in [-0.2, -0.15) is 0 Å². The van der Waals surface area contributed by atoms with Crippen molar-refractivity contribution in [3.63, 3.8) is 0 Å². The molecule has 28 heavy (non-hydrogen) atoms. The summed E-state index contributed by atoms with van der Waals surface area (Å²) >= 11 is 0. The van der Waals surface area contributed by atoms with Gasteiger partial charge in [0.15, 0.2) is 0 Å². The number of hydrogen-bond acceptors (Lipinski definition) is 5. The van der Waals surface area contributed by atoms with E-state index in [1.165, 1.54) is 0 Å². The molecular weight excluding hydrogens is 358 g/mol. The van der Waals surface area contributed by atoms with Gasteiger partial charge in [-0.3, -0.25) is 9.59 Å². The van der Waals surface area contributed by atoms with Gasteiger partial charge in [0.25, 0.3) is 5.91 Å². The van der Waals surface area contributed by atoms with Crippen LogP contribution in [-0.2, 0) is 20.8 Å². The van der Waals surface area contributed by atoms with Gasteiger partial charge in [-0.15, -0.1) is 0 Å². The molecule has 0 radical (unpaired) electrons. The van der Waals surface area contributed by atoms with E-state index < -0.39 is 5.41 Å². The highest BCUT2D eigenvalue weighted by molar-refractivity contribution is 5.94. The molecule has 2 heterocycles. The van der Waals surface area contributed by atoms with E-state index >= 15 is 0 Å². The van der Waals surface area contributed by atoms with Crippen LogP contribution in [-0.4, -0.2) is 61.8 Å². The van der Waals surface area contributed by atoms with Crippen molar-refractivity contribution in [3.8, 4) is 0 Å². The van der Waals surface area contributed by atoms with Crippen LogP contribution in [0.15, 0.2) is 24.3 Å². The van der Waals surface area contributed by atoms with Crippen LogP contribution in [0.2, 0.25) is 0 Å². The second kappa shape index (κ2) is 9.03. The van der Waals surface area contributed by atoms with Crippen molar-refractivity contribution in [1.29, 1.82) is 0 Å². The van der Waals surface area contributed by atoms with Crippen LogP contribution in [0.5, 0.6) is 0 Å². The fraction of sp³-hybridized carbons (Fsp3) is 0.619. The number of benzene rings is 1. The van der Waals surface area contributed by atoms with Gasteiger partial charge in [-0.1, -0.05) is 12.1 Å². The predicted molar refractivity (Wildman–Crippen MR) is 106 cm³/mol. The number of nitrogens with one attached hydrogen (secondary N) is 1. The molecular formula is C21H31N3O4. The van der Waals surface area contributed by atoms with Gasteiger partial charge in [-0.25, -0.2) is 0 Å². The lowest BCUT2D eigenvalue weighted by Crippen LogP contribution is -2.49. The summed E-state index contributed by atoms with van der Waals surface area (Å²) in [6.07, 6.45) is 1.39. The molecule has 2 amide bonds. The third kappa shape index (κ3) is 4.71. The molecule has 3 rings (SSSR count). The molecule has 0 saturated carbocycles. The zero-order valence-electron chi connectivity index (χ0n) is 16.8. The highest BCUT2D eigenvalue weighted by Gasteiger charge is 2.38. The number of ether oxygens (including phenoxy) is 2. The third-order valence-electron chi connectivity index (χ3n) is 5.68. The fourth-order valence-electron chi connectivity index (χ4n) is 3.95. The molecule has 2 unspecified atom stereocenters. The summed E-state index contributed by atoms with van der Waals surface area (Å²) < 4.78 is 11.1. The van der Waals surface area contributed by atoms with Gasteiger partial charge in [-0.05, 0) is 44.4 Å². The molecule has 154 valence electrons. The highest BCUT2D eigenvalue weighted by atomic mass is 16.5. The number of carbonyl (C=O) groups is 2. The number of nitrogens with zero attached hydrogens (tertiary/aromatic N) is 1. The first-order valence-electron chi connectivity index (χ1n) is 10.0. The zero-order chi connectivity index (χ0) is 20.1. The number of amides is 2. The lowest BCUT2D eigenvalue weighted by molar-refractivity contribution is -0.136. The van der Waals surface area contributed by atoms with Crippen LogP contribution in [0, 0.1) is 5.41 Å². The van der Waals surface area contributed by atoms with Crippen molar-refractivity contribution in [1.82, 2.24) is 10.2 Å². The molecule has 1 aromatic rings. The summed E-state index contributed by atoms with van der Waals surface area (Å²) in [7, 11) is 0. The van der Waals surface area contributed by atoms with Crippen molar-refractivity contribution >= 4 is 11.8 Å². The fourth-order valence-corrected chi connectivity index (χ4v) is 3.95. The maximum Gasteiger partial charge on any atom is 0.254 e. The van der Waals surface area contributed by atoms with Gasteiger partial charge in [0, 0.05) is 45.0 Å². The molecule has 2 saturated heterocycles. The molecule has 3 N–H and O–H groups in total. The van der Waals surface area contributed by atoms with E-state index in [1.807, 2.05) is 43.0 Å². The molecule has 0 spiro atoms. The molecule has 2 atom stereocenters. The Hall–Kier alpha value is -1.96. The monoisotopic (exact) mass is 389 g/mol. The third-order valence-corrected chi connectivity index (χ3v) is 5.68. The standard InChI is InChI=1S/C21H31N3O4/c1-15-12-24(13-16(2)28-15)19(25)18-5-3-17(4-6-18)11-23-20(26)21(14-22)7-9-27-10-8-21/h3-6,15-16H,7-14,22H2,1-2H3,(H,23,26). The van der Waals surface area contributed by atoms with Gasteiger partial charge in [0.2, 0.25) is 5.91 Å². The van der Waals surface area contributed by atoms with Gasteiger partial charge < -0.3 is 25.4 Å². The highest BCUT2D eigenvalue weighted by Crippen LogP contribution is 2.29. The molecule has 7 nitrogen and oxygen atoms in total. The minimum Gasteiger partial charge on any atom is -0.381 e. The van der Waals surface area contributed by atoms with Crippen molar-refractivity contribution in [2.24, 2.45) is 11.1 Å². The molecule has 2 fully saturated rings. The number of carbonyl (C=O) groups excluding carboxylic acids is 2. The van der Waals surface area contributed by atoms with Crippen molar-refractivity contribution < 1.29 is 19.1 Å². The summed E-state index contributed by atoms with van der Waals surface area (Å²) in [6, 6.07) is 7.42. The van der Waals surface area contributed by atoms with E-state index in [4.69, 9.17) is 15.2 Å². The van der Waals surface area contributed by atoms with Gasteiger partial charge >= 0.3 is 0 Å². The lowest BCUT2D eigenvalue weighted by atomic mass is 9.79. The molecule has 1 aromatic carbocycles. The van der Waals surface area contributed by atoms with Crippen LogP contribution < -0.4 is 11.1 Å². The largest absolute Gasteiger partial charge is 0.381 e.